The molecule has 1 aliphatic carbocycles. The lowest BCUT2D eigenvalue weighted by Crippen LogP contribution is -2.42. The summed E-state index contributed by atoms with van der Waals surface area (Å²) in [7, 11) is 0. The van der Waals surface area contributed by atoms with Crippen molar-refractivity contribution in [1.82, 2.24) is 24.7 Å². The molecule has 1 aliphatic rings. The first kappa shape index (κ1) is 13.7. The number of nitrogens with zero attached hydrogens (tertiary/aromatic N) is 6. The molecule has 8 nitrogen and oxygen atoms in total. The van der Waals surface area contributed by atoms with Crippen molar-refractivity contribution in [2.24, 2.45) is 0 Å². The van der Waals surface area contributed by atoms with Gasteiger partial charge >= 0.3 is 0 Å². The zero-order valence-electron chi connectivity index (χ0n) is 11.8. The molecule has 0 aliphatic heterocycles. The molecule has 0 bridgehead atoms. The zero-order chi connectivity index (χ0) is 14.7. The molecule has 0 radical (unpaired) electrons. The molecule has 2 heterocycles. The largest absolute Gasteiger partial charge is 0.396 e. The van der Waals surface area contributed by atoms with Crippen LogP contribution in [0, 0.1) is 0 Å². The highest BCUT2D eigenvalue weighted by Crippen LogP contribution is 2.28. The normalized spacial score (nSPS) is 14.9. The fourth-order valence-electron chi connectivity index (χ4n) is 2.37. The average molecular weight is 289 g/mol. The SMILES string of the molecule is Nc1nc(N(CCCO)C2CCC2)nc(-n2cccn2)n1. The fourth-order valence-corrected chi connectivity index (χ4v) is 2.37. The molecule has 21 heavy (non-hydrogen) atoms. The van der Waals surface area contributed by atoms with E-state index in [0.29, 0.717) is 30.9 Å². The molecule has 0 atom stereocenters. The summed E-state index contributed by atoms with van der Waals surface area (Å²) < 4.78 is 1.56. The Hall–Kier alpha value is -2.22. The van der Waals surface area contributed by atoms with Gasteiger partial charge < -0.3 is 15.7 Å². The van der Waals surface area contributed by atoms with E-state index in [2.05, 4.69) is 25.0 Å². The van der Waals surface area contributed by atoms with Crippen molar-refractivity contribution in [3.8, 4) is 5.95 Å². The zero-order valence-corrected chi connectivity index (χ0v) is 11.8. The Kier molecular flexibility index (Phi) is 3.96. The van der Waals surface area contributed by atoms with Gasteiger partial charge in [-0.25, -0.2) is 4.68 Å². The molecule has 0 unspecified atom stereocenters. The summed E-state index contributed by atoms with van der Waals surface area (Å²) in [6, 6.07) is 2.22. The maximum absolute atomic E-state index is 9.08. The fraction of sp³-hybridized carbons (Fsp3) is 0.538. The van der Waals surface area contributed by atoms with E-state index >= 15 is 0 Å². The number of aromatic nitrogens is 5. The predicted octanol–water partition coefficient (Wildman–Crippen LogP) is 0.381. The minimum absolute atomic E-state index is 0.149. The van der Waals surface area contributed by atoms with Crippen LogP contribution in [0.3, 0.4) is 0 Å². The van der Waals surface area contributed by atoms with Crippen molar-refractivity contribution in [2.75, 3.05) is 23.8 Å². The van der Waals surface area contributed by atoms with Crippen molar-refractivity contribution in [2.45, 2.75) is 31.7 Å². The second-order valence-electron chi connectivity index (χ2n) is 5.10. The summed E-state index contributed by atoms with van der Waals surface area (Å²) in [5.74, 6) is 1.15. The number of anilines is 2. The minimum Gasteiger partial charge on any atom is -0.396 e. The second kappa shape index (κ2) is 6.04. The Balaban J connectivity index is 1.91. The molecule has 3 rings (SSSR count). The van der Waals surface area contributed by atoms with Crippen LogP contribution >= 0.6 is 0 Å². The van der Waals surface area contributed by atoms with Gasteiger partial charge in [-0.3, -0.25) is 0 Å². The highest BCUT2D eigenvalue weighted by Gasteiger charge is 2.27. The molecule has 0 amide bonds. The Bertz CT molecular complexity index is 582. The molecule has 112 valence electrons. The third-order valence-electron chi connectivity index (χ3n) is 3.67. The number of nitrogen functional groups attached to an aromatic ring is 1. The maximum Gasteiger partial charge on any atom is 0.257 e. The van der Waals surface area contributed by atoms with Crippen LogP contribution in [0.25, 0.3) is 5.95 Å². The van der Waals surface area contributed by atoms with Gasteiger partial charge in [0.05, 0.1) is 0 Å². The van der Waals surface area contributed by atoms with Crippen molar-refractivity contribution in [3.63, 3.8) is 0 Å². The van der Waals surface area contributed by atoms with Crippen LogP contribution in [-0.2, 0) is 0 Å². The molecule has 1 fully saturated rings. The first-order chi connectivity index (χ1) is 10.3. The monoisotopic (exact) mass is 289 g/mol. The molecule has 0 aromatic carbocycles. The summed E-state index contributed by atoms with van der Waals surface area (Å²) in [5, 5.41) is 13.2. The smallest absolute Gasteiger partial charge is 0.257 e. The van der Waals surface area contributed by atoms with E-state index in [1.165, 1.54) is 6.42 Å². The van der Waals surface area contributed by atoms with Crippen molar-refractivity contribution < 1.29 is 5.11 Å². The molecule has 8 heteroatoms. The lowest BCUT2D eigenvalue weighted by Gasteiger charge is -2.37. The van der Waals surface area contributed by atoms with E-state index in [1.54, 1.807) is 23.1 Å². The van der Waals surface area contributed by atoms with Crippen molar-refractivity contribution in [1.29, 1.82) is 0 Å². The molecular weight excluding hydrogens is 270 g/mol. The van der Waals surface area contributed by atoms with Crippen molar-refractivity contribution >= 4 is 11.9 Å². The van der Waals surface area contributed by atoms with Gasteiger partial charge in [0.1, 0.15) is 0 Å². The topological polar surface area (TPSA) is 106 Å². The molecule has 0 saturated heterocycles. The Labute approximate surface area is 122 Å². The third-order valence-corrected chi connectivity index (χ3v) is 3.67. The van der Waals surface area contributed by atoms with E-state index in [-0.39, 0.29) is 12.6 Å². The van der Waals surface area contributed by atoms with Gasteiger partial charge in [0.25, 0.3) is 5.95 Å². The van der Waals surface area contributed by atoms with Gasteiger partial charge in [-0.1, -0.05) is 0 Å². The lowest BCUT2D eigenvalue weighted by atomic mass is 9.91. The average Bonchev–Trinajstić information content (AvgIpc) is 2.94. The third kappa shape index (κ3) is 2.94. The number of aliphatic hydroxyl groups excluding tert-OH is 1. The van der Waals surface area contributed by atoms with Gasteiger partial charge in [0, 0.05) is 31.6 Å². The summed E-state index contributed by atoms with van der Waals surface area (Å²) in [4.78, 5) is 15.0. The maximum atomic E-state index is 9.08. The molecule has 2 aromatic heterocycles. The Morgan fingerprint density at radius 3 is 2.81 bits per heavy atom. The van der Waals surface area contributed by atoms with Gasteiger partial charge in [0.15, 0.2) is 0 Å². The highest BCUT2D eigenvalue weighted by atomic mass is 16.3. The summed E-state index contributed by atoms with van der Waals surface area (Å²) >= 11 is 0. The van der Waals surface area contributed by atoms with E-state index in [1.807, 2.05) is 0 Å². The van der Waals surface area contributed by atoms with E-state index in [0.717, 1.165) is 12.8 Å². The Morgan fingerprint density at radius 1 is 1.33 bits per heavy atom. The molecular formula is C13H19N7O. The molecule has 2 aromatic rings. The van der Waals surface area contributed by atoms with Crippen LogP contribution in [0.15, 0.2) is 18.5 Å². The van der Waals surface area contributed by atoms with E-state index < -0.39 is 0 Å². The summed E-state index contributed by atoms with van der Waals surface area (Å²) in [6.07, 6.45) is 7.56. The highest BCUT2D eigenvalue weighted by molar-refractivity contribution is 5.39. The number of rotatable bonds is 6. The lowest BCUT2D eigenvalue weighted by molar-refractivity contribution is 0.282. The predicted molar refractivity (Wildman–Crippen MR) is 78.0 cm³/mol. The first-order valence-electron chi connectivity index (χ1n) is 7.17. The number of hydrogen-bond donors (Lipinski definition) is 2. The van der Waals surface area contributed by atoms with Gasteiger partial charge in [-0.05, 0) is 31.7 Å². The molecule has 1 saturated carbocycles. The van der Waals surface area contributed by atoms with Gasteiger partial charge in [0.2, 0.25) is 11.9 Å². The first-order valence-corrected chi connectivity index (χ1v) is 7.17. The number of aliphatic hydroxyl groups is 1. The summed E-state index contributed by atoms with van der Waals surface area (Å²) in [5.41, 5.74) is 5.81. The summed E-state index contributed by atoms with van der Waals surface area (Å²) in [6.45, 7) is 0.860. The van der Waals surface area contributed by atoms with Gasteiger partial charge in [-0.15, -0.1) is 0 Å². The van der Waals surface area contributed by atoms with Crippen LogP contribution in [0.1, 0.15) is 25.7 Å². The van der Waals surface area contributed by atoms with Crippen LogP contribution in [0.4, 0.5) is 11.9 Å². The van der Waals surface area contributed by atoms with E-state index in [4.69, 9.17) is 10.8 Å². The van der Waals surface area contributed by atoms with Crippen LogP contribution in [-0.4, -0.2) is 49.0 Å². The Morgan fingerprint density at radius 2 is 2.19 bits per heavy atom. The van der Waals surface area contributed by atoms with Crippen LogP contribution in [0.2, 0.25) is 0 Å². The minimum atomic E-state index is 0.149. The molecule has 3 N–H and O–H groups in total. The van der Waals surface area contributed by atoms with Gasteiger partial charge in [-0.2, -0.15) is 20.1 Å². The standard InChI is InChI=1S/C13H19N7O/c14-11-16-12(18-13(17-11)20-8-2-6-15-20)19(7-3-9-21)10-4-1-5-10/h2,6,8,10,21H,1,3-5,7,9H2,(H2,14,16,17,18). The van der Waals surface area contributed by atoms with Crippen LogP contribution < -0.4 is 10.6 Å². The molecule has 0 spiro atoms. The number of nitrogens with two attached hydrogens (primary N) is 1. The van der Waals surface area contributed by atoms with Crippen LogP contribution in [0.5, 0.6) is 0 Å². The number of hydrogen-bond acceptors (Lipinski definition) is 7. The second-order valence-corrected chi connectivity index (χ2v) is 5.10. The quantitative estimate of drug-likeness (QED) is 0.791. The van der Waals surface area contributed by atoms with E-state index in [9.17, 15) is 0 Å². The van der Waals surface area contributed by atoms with Crippen molar-refractivity contribution in [3.05, 3.63) is 18.5 Å².